The van der Waals surface area contributed by atoms with Crippen LogP contribution in [0.3, 0.4) is 0 Å². The van der Waals surface area contributed by atoms with E-state index in [0.717, 1.165) is 16.8 Å². The largest absolute Gasteiger partial charge is 0.377 e. The molecule has 1 aromatic carbocycles. The van der Waals surface area contributed by atoms with Crippen LogP contribution < -0.4 is 5.32 Å². The van der Waals surface area contributed by atoms with Gasteiger partial charge in [-0.1, -0.05) is 17.7 Å². The third kappa shape index (κ3) is 2.74. The van der Waals surface area contributed by atoms with Crippen molar-refractivity contribution in [2.75, 3.05) is 11.9 Å². The second-order valence-corrected chi connectivity index (χ2v) is 3.90. The van der Waals surface area contributed by atoms with Gasteiger partial charge in [0.1, 0.15) is 5.78 Å². The van der Waals surface area contributed by atoms with Gasteiger partial charge in [-0.05, 0) is 38.0 Å². The highest BCUT2D eigenvalue weighted by atomic mass is 35.5. The number of rotatable bonds is 3. The Bertz CT molecular complexity index is 337. The molecular formula is C11H14ClNO. The number of anilines is 1. The van der Waals surface area contributed by atoms with Gasteiger partial charge in [-0.15, -0.1) is 0 Å². The lowest BCUT2D eigenvalue weighted by Crippen LogP contribution is -2.11. The molecule has 0 spiro atoms. The van der Waals surface area contributed by atoms with Gasteiger partial charge in [0.15, 0.2) is 0 Å². The fourth-order valence-electron chi connectivity index (χ4n) is 1.35. The lowest BCUT2D eigenvalue weighted by atomic mass is 10.1. The summed E-state index contributed by atoms with van der Waals surface area (Å²) < 4.78 is 0. The smallest absolute Gasteiger partial charge is 0.148 e. The van der Waals surface area contributed by atoms with Crippen LogP contribution in [-0.2, 0) is 4.79 Å². The fraction of sp³-hybridized carbons (Fsp3) is 0.364. The molecule has 0 atom stereocenters. The molecule has 0 bridgehead atoms. The number of halogens is 1. The maximum Gasteiger partial charge on any atom is 0.148 e. The van der Waals surface area contributed by atoms with Crippen LogP contribution in [0.5, 0.6) is 0 Å². The third-order valence-electron chi connectivity index (χ3n) is 1.95. The highest BCUT2D eigenvalue weighted by molar-refractivity contribution is 6.33. The zero-order valence-electron chi connectivity index (χ0n) is 8.65. The van der Waals surface area contributed by atoms with Crippen molar-refractivity contribution >= 4 is 23.1 Å². The number of aryl methyl sites for hydroxylation is 2. The van der Waals surface area contributed by atoms with Gasteiger partial charge in [-0.3, -0.25) is 4.79 Å². The summed E-state index contributed by atoms with van der Waals surface area (Å²) >= 11 is 6.04. The summed E-state index contributed by atoms with van der Waals surface area (Å²) in [5.74, 6) is 0.0982. The molecule has 0 aliphatic carbocycles. The van der Waals surface area contributed by atoms with Crippen molar-refractivity contribution in [2.24, 2.45) is 0 Å². The van der Waals surface area contributed by atoms with E-state index in [4.69, 9.17) is 11.6 Å². The Morgan fingerprint density at radius 3 is 2.57 bits per heavy atom. The second-order valence-electron chi connectivity index (χ2n) is 3.49. The van der Waals surface area contributed by atoms with E-state index in [0.29, 0.717) is 11.6 Å². The number of hydrogen-bond donors (Lipinski definition) is 1. The number of ketones is 1. The standard InChI is InChI=1S/C11H14ClNO/c1-7-4-8(2)11(10(12)5-7)13-6-9(3)14/h4-5,13H,6H2,1-3H3. The van der Waals surface area contributed by atoms with Crippen molar-refractivity contribution in [1.82, 2.24) is 0 Å². The Balaban J connectivity index is 2.91. The molecule has 0 radical (unpaired) electrons. The first-order valence-electron chi connectivity index (χ1n) is 4.50. The zero-order chi connectivity index (χ0) is 10.7. The average Bonchev–Trinajstić information content (AvgIpc) is 2.01. The lowest BCUT2D eigenvalue weighted by molar-refractivity contribution is -0.115. The summed E-state index contributed by atoms with van der Waals surface area (Å²) in [6.45, 7) is 5.84. The van der Waals surface area contributed by atoms with Crippen LogP contribution in [0.1, 0.15) is 18.1 Å². The first kappa shape index (κ1) is 11.1. The van der Waals surface area contributed by atoms with Gasteiger partial charge >= 0.3 is 0 Å². The number of hydrogen-bond acceptors (Lipinski definition) is 2. The molecule has 0 saturated carbocycles. The Labute approximate surface area is 89.3 Å². The molecule has 0 heterocycles. The summed E-state index contributed by atoms with van der Waals surface area (Å²) in [7, 11) is 0. The van der Waals surface area contributed by atoms with E-state index in [9.17, 15) is 4.79 Å². The monoisotopic (exact) mass is 211 g/mol. The number of benzene rings is 1. The minimum absolute atomic E-state index is 0.0982. The number of nitrogens with one attached hydrogen (secondary N) is 1. The summed E-state index contributed by atoms with van der Waals surface area (Å²) in [6.07, 6.45) is 0. The van der Waals surface area contributed by atoms with E-state index in [1.165, 1.54) is 0 Å². The molecule has 0 aromatic heterocycles. The van der Waals surface area contributed by atoms with Crippen LogP contribution in [-0.4, -0.2) is 12.3 Å². The van der Waals surface area contributed by atoms with Crippen LogP contribution in [0.2, 0.25) is 5.02 Å². The predicted octanol–water partition coefficient (Wildman–Crippen LogP) is 2.96. The van der Waals surface area contributed by atoms with Gasteiger partial charge < -0.3 is 5.32 Å². The molecule has 0 fully saturated rings. The SMILES string of the molecule is CC(=O)CNc1c(C)cc(C)cc1Cl. The normalized spacial score (nSPS) is 10.0. The molecule has 14 heavy (non-hydrogen) atoms. The highest BCUT2D eigenvalue weighted by Crippen LogP contribution is 2.26. The van der Waals surface area contributed by atoms with Crippen molar-refractivity contribution in [1.29, 1.82) is 0 Å². The van der Waals surface area contributed by atoms with E-state index in [2.05, 4.69) is 5.32 Å². The van der Waals surface area contributed by atoms with E-state index >= 15 is 0 Å². The van der Waals surface area contributed by atoms with Gasteiger partial charge in [0.25, 0.3) is 0 Å². The summed E-state index contributed by atoms with van der Waals surface area (Å²) in [5.41, 5.74) is 3.05. The first-order chi connectivity index (χ1) is 6.50. The molecule has 1 aromatic rings. The zero-order valence-corrected chi connectivity index (χ0v) is 9.40. The van der Waals surface area contributed by atoms with Crippen molar-refractivity contribution < 1.29 is 4.79 Å². The van der Waals surface area contributed by atoms with E-state index in [1.54, 1.807) is 6.92 Å². The highest BCUT2D eigenvalue weighted by Gasteiger charge is 2.05. The summed E-state index contributed by atoms with van der Waals surface area (Å²) in [4.78, 5) is 10.8. The minimum Gasteiger partial charge on any atom is -0.377 e. The Morgan fingerprint density at radius 2 is 2.07 bits per heavy atom. The van der Waals surface area contributed by atoms with E-state index in [-0.39, 0.29) is 5.78 Å². The van der Waals surface area contributed by atoms with Crippen LogP contribution >= 0.6 is 11.6 Å². The van der Waals surface area contributed by atoms with Gasteiger partial charge in [-0.25, -0.2) is 0 Å². The van der Waals surface area contributed by atoms with Gasteiger partial charge in [0.05, 0.1) is 17.3 Å². The van der Waals surface area contributed by atoms with Gasteiger partial charge in [-0.2, -0.15) is 0 Å². The number of Topliss-reactive ketones (excluding diaryl/α,β-unsaturated/α-hetero) is 1. The predicted molar refractivity (Wildman–Crippen MR) is 60.1 cm³/mol. The molecule has 76 valence electrons. The van der Waals surface area contributed by atoms with Crippen LogP contribution in [0.15, 0.2) is 12.1 Å². The molecule has 0 unspecified atom stereocenters. The number of carbonyl (C=O) groups excluding carboxylic acids is 1. The maximum absolute atomic E-state index is 10.8. The first-order valence-corrected chi connectivity index (χ1v) is 4.88. The molecule has 1 N–H and O–H groups in total. The second kappa shape index (κ2) is 4.47. The molecule has 0 amide bonds. The Hall–Kier alpha value is -1.02. The van der Waals surface area contributed by atoms with Crippen molar-refractivity contribution in [3.63, 3.8) is 0 Å². The topological polar surface area (TPSA) is 29.1 Å². The van der Waals surface area contributed by atoms with Crippen LogP contribution in [0, 0.1) is 13.8 Å². The molecule has 0 aliphatic rings. The Kier molecular flexibility index (Phi) is 3.53. The van der Waals surface area contributed by atoms with Crippen LogP contribution in [0.25, 0.3) is 0 Å². The molecule has 0 saturated heterocycles. The van der Waals surface area contributed by atoms with Crippen molar-refractivity contribution in [3.8, 4) is 0 Å². The van der Waals surface area contributed by atoms with Gasteiger partial charge in [0.2, 0.25) is 0 Å². The fourth-order valence-corrected chi connectivity index (χ4v) is 1.74. The lowest BCUT2D eigenvalue weighted by Gasteiger charge is -2.11. The number of carbonyl (C=O) groups is 1. The summed E-state index contributed by atoms with van der Waals surface area (Å²) in [5, 5.41) is 3.70. The molecular weight excluding hydrogens is 198 g/mol. The quantitative estimate of drug-likeness (QED) is 0.833. The maximum atomic E-state index is 10.8. The van der Waals surface area contributed by atoms with Gasteiger partial charge in [0, 0.05) is 0 Å². The Morgan fingerprint density at radius 1 is 1.43 bits per heavy atom. The van der Waals surface area contributed by atoms with E-state index in [1.807, 2.05) is 26.0 Å². The molecule has 3 heteroatoms. The minimum atomic E-state index is 0.0982. The van der Waals surface area contributed by atoms with Crippen molar-refractivity contribution in [2.45, 2.75) is 20.8 Å². The van der Waals surface area contributed by atoms with E-state index < -0.39 is 0 Å². The van der Waals surface area contributed by atoms with Crippen molar-refractivity contribution in [3.05, 3.63) is 28.3 Å². The molecule has 0 aliphatic heterocycles. The molecule has 1 rings (SSSR count). The van der Waals surface area contributed by atoms with Crippen LogP contribution in [0.4, 0.5) is 5.69 Å². The third-order valence-corrected chi connectivity index (χ3v) is 2.24. The molecule has 2 nitrogen and oxygen atoms in total. The summed E-state index contributed by atoms with van der Waals surface area (Å²) in [6, 6.07) is 3.92. The average molecular weight is 212 g/mol.